The summed E-state index contributed by atoms with van der Waals surface area (Å²) in [4.78, 5) is 14.1. The molecule has 0 radical (unpaired) electrons. The second-order valence-corrected chi connectivity index (χ2v) is 5.69. The van der Waals surface area contributed by atoms with E-state index in [4.69, 9.17) is 19.5 Å². The molecule has 24 heavy (non-hydrogen) atoms. The fourth-order valence-electron chi connectivity index (χ4n) is 2.65. The summed E-state index contributed by atoms with van der Waals surface area (Å²) in [5, 5.41) is 8.57. The van der Waals surface area contributed by atoms with Crippen molar-refractivity contribution >= 4 is 12.0 Å². The Bertz CT molecular complexity index is 641. The molecular formula is C18H22N2O4. The molecule has 1 fully saturated rings. The van der Waals surface area contributed by atoms with Crippen LogP contribution in [0.25, 0.3) is 6.08 Å². The third kappa shape index (κ3) is 4.74. The predicted octanol–water partition coefficient (Wildman–Crippen LogP) is 2.25. The first-order valence-electron chi connectivity index (χ1n) is 7.83. The van der Waals surface area contributed by atoms with Gasteiger partial charge < -0.3 is 19.1 Å². The van der Waals surface area contributed by atoms with Gasteiger partial charge in [0.2, 0.25) is 5.91 Å². The number of carbonyl (C=O) groups excluding carboxylic acids is 1. The maximum atomic E-state index is 12.3. The second-order valence-electron chi connectivity index (χ2n) is 5.69. The van der Waals surface area contributed by atoms with E-state index in [9.17, 15) is 4.79 Å². The molecule has 1 aromatic carbocycles. The van der Waals surface area contributed by atoms with Crippen molar-refractivity contribution in [1.82, 2.24) is 4.90 Å². The molecule has 1 aliphatic heterocycles. The van der Waals surface area contributed by atoms with Crippen LogP contribution in [0.2, 0.25) is 0 Å². The van der Waals surface area contributed by atoms with Gasteiger partial charge in [-0.3, -0.25) is 4.79 Å². The SMILES string of the molecule is COc1cc(/C=C/C(=O)N2CC(C)OC(C)C2)ccc1OCC#N. The molecule has 0 aliphatic carbocycles. The Morgan fingerprint density at radius 3 is 2.71 bits per heavy atom. The van der Waals surface area contributed by atoms with Gasteiger partial charge in [0.25, 0.3) is 0 Å². The van der Waals surface area contributed by atoms with E-state index >= 15 is 0 Å². The average Bonchev–Trinajstić information content (AvgIpc) is 2.57. The molecule has 128 valence electrons. The summed E-state index contributed by atoms with van der Waals surface area (Å²) in [6.45, 7) is 5.07. The number of morpholine rings is 1. The maximum absolute atomic E-state index is 12.3. The van der Waals surface area contributed by atoms with Crippen molar-refractivity contribution in [1.29, 1.82) is 5.26 Å². The van der Waals surface area contributed by atoms with Crippen LogP contribution in [-0.4, -0.2) is 49.8 Å². The minimum absolute atomic E-state index is 0.0410. The maximum Gasteiger partial charge on any atom is 0.246 e. The van der Waals surface area contributed by atoms with Gasteiger partial charge in [-0.2, -0.15) is 5.26 Å². The van der Waals surface area contributed by atoms with Crippen molar-refractivity contribution in [3.63, 3.8) is 0 Å². The first-order chi connectivity index (χ1) is 11.5. The van der Waals surface area contributed by atoms with E-state index in [2.05, 4.69) is 0 Å². The van der Waals surface area contributed by atoms with Crippen LogP contribution >= 0.6 is 0 Å². The molecule has 0 spiro atoms. The van der Waals surface area contributed by atoms with E-state index < -0.39 is 0 Å². The lowest BCUT2D eigenvalue weighted by Gasteiger charge is -2.34. The van der Waals surface area contributed by atoms with Crippen LogP contribution in [-0.2, 0) is 9.53 Å². The van der Waals surface area contributed by atoms with E-state index in [1.54, 1.807) is 29.2 Å². The summed E-state index contributed by atoms with van der Waals surface area (Å²) in [5.74, 6) is 0.979. The molecule has 6 heteroatoms. The van der Waals surface area contributed by atoms with Crippen LogP contribution in [0.15, 0.2) is 24.3 Å². The van der Waals surface area contributed by atoms with Gasteiger partial charge in [0.1, 0.15) is 6.07 Å². The lowest BCUT2D eigenvalue weighted by molar-refractivity contribution is -0.137. The molecule has 1 aliphatic rings. The lowest BCUT2D eigenvalue weighted by atomic mass is 10.1. The molecular weight excluding hydrogens is 308 g/mol. The Morgan fingerprint density at radius 2 is 2.08 bits per heavy atom. The van der Waals surface area contributed by atoms with Crippen molar-refractivity contribution < 1.29 is 19.0 Å². The number of nitriles is 1. The number of hydrogen-bond acceptors (Lipinski definition) is 5. The van der Waals surface area contributed by atoms with Gasteiger partial charge in [-0.05, 0) is 37.6 Å². The minimum atomic E-state index is -0.0442. The monoisotopic (exact) mass is 330 g/mol. The number of hydrogen-bond donors (Lipinski definition) is 0. The standard InChI is InChI=1S/C18H22N2O4/c1-13-11-20(12-14(2)24-13)18(21)7-5-15-4-6-16(23-9-8-19)17(10-15)22-3/h4-7,10,13-14H,9,11-12H2,1-3H3/b7-5+. The van der Waals surface area contributed by atoms with E-state index in [0.717, 1.165) is 5.56 Å². The second kappa shape index (κ2) is 8.37. The molecule has 1 saturated heterocycles. The van der Waals surface area contributed by atoms with Crippen LogP contribution < -0.4 is 9.47 Å². The van der Waals surface area contributed by atoms with Gasteiger partial charge in [0, 0.05) is 19.2 Å². The summed E-state index contributed by atoms with van der Waals surface area (Å²) in [6.07, 6.45) is 3.38. The van der Waals surface area contributed by atoms with Crippen LogP contribution in [0.3, 0.4) is 0 Å². The molecule has 1 aromatic rings. The summed E-state index contributed by atoms with van der Waals surface area (Å²) in [5.41, 5.74) is 0.818. The molecule has 2 rings (SSSR count). The van der Waals surface area contributed by atoms with Crippen LogP contribution in [0.5, 0.6) is 11.5 Å². The Kier molecular flexibility index (Phi) is 6.21. The van der Waals surface area contributed by atoms with Crippen LogP contribution in [0.4, 0.5) is 0 Å². The van der Waals surface area contributed by atoms with E-state index in [-0.39, 0.29) is 24.7 Å². The Labute approximate surface area is 142 Å². The van der Waals surface area contributed by atoms with Crippen LogP contribution in [0.1, 0.15) is 19.4 Å². The number of carbonyl (C=O) groups is 1. The number of benzene rings is 1. The third-order valence-electron chi connectivity index (χ3n) is 3.63. The zero-order valence-corrected chi connectivity index (χ0v) is 14.2. The molecule has 1 amide bonds. The quantitative estimate of drug-likeness (QED) is 0.774. The first-order valence-corrected chi connectivity index (χ1v) is 7.83. The molecule has 6 nitrogen and oxygen atoms in total. The zero-order valence-electron chi connectivity index (χ0n) is 14.2. The largest absolute Gasteiger partial charge is 0.493 e. The average molecular weight is 330 g/mol. The van der Waals surface area contributed by atoms with E-state index in [1.165, 1.54) is 7.11 Å². The van der Waals surface area contributed by atoms with Crippen molar-refractivity contribution in [2.24, 2.45) is 0 Å². The molecule has 2 unspecified atom stereocenters. The topological polar surface area (TPSA) is 71.8 Å². The highest BCUT2D eigenvalue weighted by Crippen LogP contribution is 2.28. The van der Waals surface area contributed by atoms with Crippen molar-refractivity contribution in [3.8, 4) is 17.6 Å². The van der Waals surface area contributed by atoms with Gasteiger partial charge in [0.15, 0.2) is 18.1 Å². The fraction of sp³-hybridized carbons (Fsp3) is 0.444. The van der Waals surface area contributed by atoms with Crippen LogP contribution in [0, 0.1) is 11.3 Å². The van der Waals surface area contributed by atoms with Gasteiger partial charge in [0.05, 0.1) is 19.3 Å². The highest BCUT2D eigenvalue weighted by atomic mass is 16.5. The van der Waals surface area contributed by atoms with E-state index in [1.807, 2.05) is 26.0 Å². The highest BCUT2D eigenvalue weighted by Gasteiger charge is 2.24. The van der Waals surface area contributed by atoms with Crippen molar-refractivity contribution in [2.75, 3.05) is 26.8 Å². The van der Waals surface area contributed by atoms with Crippen molar-refractivity contribution in [2.45, 2.75) is 26.1 Å². The molecule has 0 saturated carbocycles. The third-order valence-corrected chi connectivity index (χ3v) is 3.63. The summed E-state index contributed by atoms with van der Waals surface area (Å²) in [7, 11) is 1.53. The van der Waals surface area contributed by atoms with Gasteiger partial charge >= 0.3 is 0 Å². The number of methoxy groups -OCH3 is 1. The Hall–Kier alpha value is -2.52. The number of ether oxygens (including phenoxy) is 3. The predicted molar refractivity (Wildman–Crippen MR) is 89.7 cm³/mol. The summed E-state index contributed by atoms with van der Waals surface area (Å²) < 4.78 is 16.2. The minimum Gasteiger partial charge on any atom is -0.493 e. The van der Waals surface area contributed by atoms with Gasteiger partial charge in [-0.25, -0.2) is 0 Å². The smallest absolute Gasteiger partial charge is 0.246 e. The lowest BCUT2D eigenvalue weighted by Crippen LogP contribution is -2.47. The van der Waals surface area contributed by atoms with E-state index in [0.29, 0.717) is 24.6 Å². The normalized spacial score (nSPS) is 20.7. The first kappa shape index (κ1) is 17.8. The molecule has 1 heterocycles. The van der Waals surface area contributed by atoms with Gasteiger partial charge in [-0.15, -0.1) is 0 Å². The fourth-order valence-corrected chi connectivity index (χ4v) is 2.65. The zero-order chi connectivity index (χ0) is 17.5. The summed E-state index contributed by atoms with van der Waals surface area (Å²) in [6, 6.07) is 7.21. The Morgan fingerprint density at radius 1 is 1.38 bits per heavy atom. The number of amides is 1. The highest BCUT2D eigenvalue weighted by molar-refractivity contribution is 5.92. The molecule has 2 atom stereocenters. The molecule has 0 bridgehead atoms. The molecule has 0 N–H and O–H groups in total. The van der Waals surface area contributed by atoms with Crippen molar-refractivity contribution in [3.05, 3.63) is 29.8 Å². The summed E-state index contributed by atoms with van der Waals surface area (Å²) >= 11 is 0. The molecule has 0 aromatic heterocycles. The number of nitrogens with zero attached hydrogens (tertiary/aromatic N) is 2. The Balaban J connectivity index is 2.05. The number of rotatable bonds is 5. The van der Waals surface area contributed by atoms with Gasteiger partial charge in [-0.1, -0.05) is 6.07 Å².